The zero-order valence-corrected chi connectivity index (χ0v) is 9.85. The highest BCUT2D eigenvalue weighted by atomic mass is 16.5. The number of rotatable bonds is 7. The van der Waals surface area contributed by atoms with Gasteiger partial charge in [-0.2, -0.15) is 0 Å². The smallest absolute Gasteiger partial charge is 0.248 e. The van der Waals surface area contributed by atoms with Crippen molar-refractivity contribution in [1.82, 2.24) is 0 Å². The number of anilines is 1. The molecule has 5 nitrogen and oxygen atoms in total. The lowest BCUT2D eigenvalue weighted by atomic mass is 10.2. The standard InChI is InChI=1S/C12H18N2O3/c1-2-17-8-11(15)7-14-10-5-3-4-9(6-10)12(13)16/h3-6,11,14-15H,2,7-8H2,1H3,(H2,13,16). The summed E-state index contributed by atoms with van der Waals surface area (Å²) in [6.45, 7) is 3.10. The molecule has 0 spiro atoms. The summed E-state index contributed by atoms with van der Waals surface area (Å²) >= 11 is 0. The second-order valence-corrected chi connectivity index (χ2v) is 3.64. The van der Waals surface area contributed by atoms with Crippen molar-refractivity contribution in [2.45, 2.75) is 13.0 Å². The van der Waals surface area contributed by atoms with Crippen molar-refractivity contribution < 1.29 is 14.6 Å². The Morgan fingerprint density at radius 1 is 1.59 bits per heavy atom. The van der Waals surface area contributed by atoms with Gasteiger partial charge in [-0.15, -0.1) is 0 Å². The van der Waals surface area contributed by atoms with Crippen molar-refractivity contribution in [3.05, 3.63) is 29.8 Å². The molecule has 0 fully saturated rings. The van der Waals surface area contributed by atoms with Crippen LogP contribution in [-0.4, -0.2) is 36.9 Å². The Morgan fingerprint density at radius 3 is 3.00 bits per heavy atom. The van der Waals surface area contributed by atoms with E-state index in [1.165, 1.54) is 0 Å². The Morgan fingerprint density at radius 2 is 2.35 bits per heavy atom. The molecule has 94 valence electrons. The first-order valence-corrected chi connectivity index (χ1v) is 5.53. The molecule has 0 radical (unpaired) electrons. The molecule has 1 rings (SSSR count). The van der Waals surface area contributed by atoms with Crippen LogP contribution in [0.5, 0.6) is 0 Å². The number of aliphatic hydroxyl groups excluding tert-OH is 1. The number of carbonyl (C=O) groups is 1. The lowest BCUT2D eigenvalue weighted by Crippen LogP contribution is -2.25. The van der Waals surface area contributed by atoms with Crippen LogP contribution in [0.15, 0.2) is 24.3 Å². The average molecular weight is 238 g/mol. The van der Waals surface area contributed by atoms with Gasteiger partial charge in [-0.25, -0.2) is 0 Å². The second kappa shape index (κ2) is 6.88. The summed E-state index contributed by atoms with van der Waals surface area (Å²) in [7, 11) is 0. The van der Waals surface area contributed by atoms with Gasteiger partial charge in [-0.3, -0.25) is 4.79 Å². The maximum Gasteiger partial charge on any atom is 0.248 e. The molecule has 1 aromatic rings. The van der Waals surface area contributed by atoms with Gasteiger partial charge in [0, 0.05) is 24.4 Å². The Hall–Kier alpha value is -1.59. The predicted octanol–water partition coefficient (Wildman–Crippen LogP) is 0.595. The number of amides is 1. The molecule has 17 heavy (non-hydrogen) atoms. The lowest BCUT2D eigenvalue weighted by Gasteiger charge is -2.12. The summed E-state index contributed by atoms with van der Waals surface area (Å²) in [6.07, 6.45) is -0.577. The lowest BCUT2D eigenvalue weighted by molar-refractivity contribution is 0.0496. The summed E-state index contributed by atoms with van der Waals surface area (Å²) in [4.78, 5) is 11.0. The number of aliphatic hydroxyl groups is 1. The van der Waals surface area contributed by atoms with E-state index in [2.05, 4.69) is 5.32 Å². The number of benzene rings is 1. The Balaban J connectivity index is 2.46. The fraction of sp³-hybridized carbons (Fsp3) is 0.417. The molecule has 0 heterocycles. The molecule has 1 unspecified atom stereocenters. The summed E-state index contributed by atoms with van der Waals surface area (Å²) < 4.78 is 5.08. The van der Waals surface area contributed by atoms with Gasteiger partial charge in [0.2, 0.25) is 5.91 Å². The molecule has 0 aliphatic rings. The van der Waals surface area contributed by atoms with Crippen LogP contribution in [0.3, 0.4) is 0 Å². The number of ether oxygens (including phenoxy) is 1. The molecule has 0 aliphatic heterocycles. The number of nitrogens with one attached hydrogen (secondary N) is 1. The molecule has 0 saturated carbocycles. The number of carbonyl (C=O) groups excluding carboxylic acids is 1. The minimum Gasteiger partial charge on any atom is -0.389 e. The molecule has 1 aromatic carbocycles. The third-order valence-electron chi connectivity index (χ3n) is 2.20. The van der Waals surface area contributed by atoms with E-state index >= 15 is 0 Å². The van der Waals surface area contributed by atoms with Crippen LogP contribution in [0.25, 0.3) is 0 Å². The van der Waals surface area contributed by atoms with E-state index in [4.69, 9.17) is 10.5 Å². The first kappa shape index (κ1) is 13.5. The number of primary amides is 1. The summed E-state index contributed by atoms with van der Waals surface area (Å²) in [5.41, 5.74) is 6.35. The van der Waals surface area contributed by atoms with Gasteiger partial charge in [-0.05, 0) is 25.1 Å². The second-order valence-electron chi connectivity index (χ2n) is 3.64. The minimum atomic E-state index is -0.577. The van der Waals surface area contributed by atoms with Crippen molar-refractivity contribution in [2.24, 2.45) is 5.73 Å². The summed E-state index contributed by atoms with van der Waals surface area (Å²) in [5, 5.41) is 12.6. The predicted molar refractivity (Wildman–Crippen MR) is 65.9 cm³/mol. The van der Waals surface area contributed by atoms with E-state index < -0.39 is 12.0 Å². The van der Waals surface area contributed by atoms with Crippen molar-refractivity contribution in [3.63, 3.8) is 0 Å². The van der Waals surface area contributed by atoms with Gasteiger partial charge in [0.1, 0.15) is 0 Å². The monoisotopic (exact) mass is 238 g/mol. The molecule has 5 heteroatoms. The van der Waals surface area contributed by atoms with Crippen LogP contribution < -0.4 is 11.1 Å². The number of hydrogen-bond acceptors (Lipinski definition) is 4. The summed E-state index contributed by atoms with van der Waals surface area (Å²) in [5.74, 6) is -0.469. The molecule has 4 N–H and O–H groups in total. The van der Waals surface area contributed by atoms with Gasteiger partial charge < -0.3 is 20.9 Å². The topological polar surface area (TPSA) is 84.6 Å². The summed E-state index contributed by atoms with van der Waals surface area (Å²) in [6, 6.07) is 6.83. The Bertz CT molecular complexity index is 369. The fourth-order valence-corrected chi connectivity index (χ4v) is 1.33. The molecular formula is C12H18N2O3. The van der Waals surface area contributed by atoms with Crippen LogP contribution in [0.1, 0.15) is 17.3 Å². The zero-order valence-electron chi connectivity index (χ0n) is 9.85. The van der Waals surface area contributed by atoms with Crippen LogP contribution in [0.4, 0.5) is 5.69 Å². The fourth-order valence-electron chi connectivity index (χ4n) is 1.33. The van der Waals surface area contributed by atoms with Crippen molar-refractivity contribution in [1.29, 1.82) is 0 Å². The van der Waals surface area contributed by atoms with Gasteiger partial charge >= 0.3 is 0 Å². The Labute approximate surface area is 101 Å². The van der Waals surface area contributed by atoms with Crippen molar-refractivity contribution in [2.75, 3.05) is 25.1 Å². The zero-order chi connectivity index (χ0) is 12.7. The first-order chi connectivity index (χ1) is 8.13. The van der Waals surface area contributed by atoms with E-state index in [1.807, 2.05) is 6.92 Å². The van der Waals surface area contributed by atoms with Gasteiger partial charge in [-0.1, -0.05) is 6.07 Å². The molecule has 0 aromatic heterocycles. The van der Waals surface area contributed by atoms with E-state index in [9.17, 15) is 9.90 Å². The van der Waals surface area contributed by atoms with Crippen molar-refractivity contribution >= 4 is 11.6 Å². The van der Waals surface area contributed by atoms with Gasteiger partial charge in [0.05, 0.1) is 12.7 Å². The van der Waals surface area contributed by atoms with E-state index in [1.54, 1.807) is 24.3 Å². The highest BCUT2D eigenvalue weighted by Gasteiger charge is 2.05. The first-order valence-electron chi connectivity index (χ1n) is 5.53. The number of nitrogens with two attached hydrogens (primary N) is 1. The Kier molecular flexibility index (Phi) is 5.45. The van der Waals surface area contributed by atoms with Crippen LogP contribution in [0, 0.1) is 0 Å². The quantitative estimate of drug-likeness (QED) is 0.649. The average Bonchev–Trinajstić information content (AvgIpc) is 2.34. The largest absolute Gasteiger partial charge is 0.389 e. The third kappa shape index (κ3) is 4.84. The van der Waals surface area contributed by atoms with Crippen LogP contribution in [0.2, 0.25) is 0 Å². The van der Waals surface area contributed by atoms with E-state index in [0.29, 0.717) is 25.3 Å². The van der Waals surface area contributed by atoms with Crippen LogP contribution in [-0.2, 0) is 4.74 Å². The highest BCUT2D eigenvalue weighted by Crippen LogP contribution is 2.10. The molecule has 1 amide bonds. The minimum absolute atomic E-state index is 0.291. The number of hydrogen-bond donors (Lipinski definition) is 3. The third-order valence-corrected chi connectivity index (χ3v) is 2.20. The van der Waals surface area contributed by atoms with Crippen LogP contribution >= 0.6 is 0 Å². The molecule has 1 atom stereocenters. The van der Waals surface area contributed by atoms with E-state index in [-0.39, 0.29) is 0 Å². The van der Waals surface area contributed by atoms with Gasteiger partial charge in [0.25, 0.3) is 0 Å². The maximum absolute atomic E-state index is 11.0. The SMILES string of the molecule is CCOCC(O)CNc1cccc(C(N)=O)c1. The molecular weight excluding hydrogens is 220 g/mol. The molecule has 0 aliphatic carbocycles. The molecule has 0 saturated heterocycles. The van der Waals surface area contributed by atoms with Crippen molar-refractivity contribution in [3.8, 4) is 0 Å². The highest BCUT2D eigenvalue weighted by molar-refractivity contribution is 5.93. The van der Waals surface area contributed by atoms with E-state index in [0.717, 1.165) is 5.69 Å². The maximum atomic E-state index is 11.0. The normalized spacial score (nSPS) is 12.1. The molecule has 0 bridgehead atoms. The van der Waals surface area contributed by atoms with Gasteiger partial charge in [0.15, 0.2) is 0 Å².